The van der Waals surface area contributed by atoms with Crippen LogP contribution in [0.1, 0.15) is 219 Å². The molecule has 6 atom stereocenters. The highest BCUT2D eigenvalue weighted by atomic mass is 32.2. The summed E-state index contributed by atoms with van der Waals surface area (Å²) < 4.78 is 54.2. The summed E-state index contributed by atoms with van der Waals surface area (Å²) in [7, 11) is -4.62. The van der Waals surface area contributed by atoms with Gasteiger partial charge in [-0.3, -0.25) is 14.1 Å². The van der Waals surface area contributed by atoms with E-state index in [-0.39, 0.29) is 19.4 Å². The molecule has 2 unspecified atom stereocenters. The molecular formula is C55H96O12S. The number of ether oxygens (including phenoxy) is 4. The second-order valence-electron chi connectivity index (χ2n) is 18.5. The first-order valence-electron chi connectivity index (χ1n) is 26.8. The van der Waals surface area contributed by atoms with Crippen molar-refractivity contribution in [2.24, 2.45) is 0 Å². The van der Waals surface area contributed by atoms with Crippen molar-refractivity contribution in [3.05, 3.63) is 60.8 Å². The largest absolute Gasteiger partial charge is 0.462 e. The van der Waals surface area contributed by atoms with Crippen LogP contribution >= 0.6 is 0 Å². The van der Waals surface area contributed by atoms with E-state index in [1.54, 1.807) is 0 Å². The molecule has 0 saturated carbocycles. The molecule has 1 heterocycles. The van der Waals surface area contributed by atoms with Gasteiger partial charge in [-0.25, -0.2) is 0 Å². The van der Waals surface area contributed by atoms with Crippen LogP contribution in [-0.2, 0) is 38.7 Å². The van der Waals surface area contributed by atoms with Crippen LogP contribution in [0.2, 0.25) is 0 Å². The Kier molecular flexibility index (Phi) is 41.3. The van der Waals surface area contributed by atoms with Gasteiger partial charge in [-0.2, -0.15) is 8.42 Å². The maximum atomic E-state index is 12.9. The average Bonchev–Trinajstić information content (AvgIpc) is 3.31. The van der Waals surface area contributed by atoms with E-state index in [2.05, 4.69) is 68.5 Å². The zero-order valence-corrected chi connectivity index (χ0v) is 43.3. The first-order chi connectivity index (χ1) is 33.0. The van der Waals surface area contributed by atoms with Gasteiger partial charge in [0.15, 0.2) is 12.4 Å². The number of hydrogen-bond acceptors (Lipinski definition) is 11. The molecule has 0 aliphatic carbocycles. The highest BCUT2D eigenvalue weighted by molar-refractivity contribution is 7.85. The fraction of sp³-hybridized carbons (Fsp3) is 0.782. The van der Waals surface area contributed by atoms with E-state index < -0.39 is 71.2 Å². The van der Waals surface area contributed by atoms with Crippen LogP contribution in [-0.4, -0.2) is 96.0 Å². The lowest BCUT2D eigenvalue weighted by molar-refractivity contribution is -0.297. The summed E-state index contributed by atoms with van der Waals surface area (Å²) >= 11 is 0. The molecule has 0 amide bonds. The number of hydrogen-bond donors (Lipinski definition) is 4. The monoisotopic (exact) mass is 981 g/mol. The molecule has 1 aliphatic rings. The minimum absolute atomic E-state index is 0.0977. The van der Waals surface area contributed by atoms with Crippen LogP contribution in [0.3, 0.4) is 0 Å². The first-order valence-corrected chi connectivity index (χ1v) is 28.5. The maximum absolute atomic E-state index is 12.9. The molecular weight excluding hydrogens is 885 g/mol. The summed E-state index contributed by atoms with van der Waals surface area (Å²) in [6.07, 6.45) is 47.0. The van der Waals surface area contributed by atoms with E-state index in [1.807, 2.05) is 6.08 Å². The third kappa shape index (κ3) is 38.1. The number of aliphatic hydroxyl groups excluding tert-OH is 3. The zero-order valence-electron chi connectivity index (χ0n) is 42.4. The number of unbranched alkanes of at least 4 members (excludes halogenated alkanes) is 23. The fourth-order valence-corrected chi connectivity index (χ4v) is 8.57. The fourth-order valence-electron chi connectivity index (χ4n) is 7.88. The van der Waals surface area contributed by atoms with Crippen LogP contribution in [0.15, 0.2) is 60.8 Å². The van der Waals surface area contributed by atoms with Crippen LogP contribution in [0.5, 0.6) is 0 Å². The number of aliphatic hydroxyl groups is 3. The van der Waals surface area contributed by atoms with Gasteiger partial charge < -0.3 is 34.3 Å². The van der Waals surface area contributed by atoms with E-state index in [0.717, 1.165) is 64.2 Å². The molecule has 0 spiro atoms. The van der Waals surface area contributed by atoms with Crippen molar-refractivity contribution in [2.45, 2.75) is 256 Å². The van der Waals surface area contributed by atoms with Crippen molar-refractivity contribution in [3.8, 4) is 0 Å². The van der Waals surface area contributed by atoms with Crippen LogP contribution in [0.25, 0.3) is 0 Å². The van der Waals surface area contributed by atoms with Crippen LogP contribution in [0, 0.1) is 0 Å². The summed E-state index contributed by atoms with van der Waals surface area (Å²) in [5.74, 6) is -2.07. The highest BCUT2D eigenvalue weighted by Crippen LogP contribution is 2.24. The minimum Gasteiger partial charge on any atom is -0.462 e. The minimum atomic E-state index is -4.62. The molecule has 0 aromatic heterocycles. The lowest BCUT2D eigenvalue weighted by Crippen LogP contribution is -2.60. The second kappa shape index (κ2) is 44.3. The Bertz CT molecular complexity index is 1470. The Morgan fingerprint density at radius 1 is 0.500 bits per heavy atom. The number of rotatable bonds is 45. The first kappa shape index (κ1) is 63.4. The van der Waals surface area contributed by atoms with Crippen molar-refractivity contribution >= 4 is 22.1 Å². The number of carbonyl (C=O) groups is 2. The third-order valence-corrected chi connectivity index (χ3v) is 12.8. The van der Waals surface area contributed by atoms with E-state index in [4.69, 9.17) is 18.9 Å². The Balaban J connectivity index is 2.39. The van der Waals surface area contributed by atoms with Gasteiger partial charge in [-0.15, -0.1) is 0 Å². The average molecular weight is 981 g/mol. The zero-order chi connectivity index (χ0) is 49.8. The Morgan fingerprint density at radius 2 is 0.912 bits per heavy atom. The molecule has 12 nitrogen and oxygen atoms in total. The van der Waals surface area contributed by atoms with Gasteiger partial charge >= 0.3 is 11.9 Å². The molecule has 1 fully saturated rings. The van der Waals surface area contributed by atoms with E-state index in [9.17, 15) is 37.9 Å². The Hall–Kier alpha value is -2.65. The smallest absolute Gasteiger partial charge is 0.306 e. The second-order valence-corrected chi connectivity index (χ2v) is 20.0. The van der Waals surface area contributed by atoms with Crippen molar-refractivity contribution in [1.82, 2.24) is 0 Å². The topological polar surface area (TPSA) is 186 Å². The molecule has 1 aliphatic heterocycles. The maximum Gasteiger partial charge on any atom is 0.306 e. The molecule has 4 N–H and O–H groups in total. The van der Waals surface area contributed by atoms with Gasteiger partial charge in [0.2, 0.25) is 0 Å². The molecule has 1 rings (SSSR count). The van der Waals surface area contributed by atoms with Gasteiger partial charge in [0.1, 0.15) is 36.8 Å². The van der Waals surface area contributed by atoms with Gasteiger partial charge in [-0.05, 0) is 83.5 Å². The van der Waals surface area contributed by atoms with Gasteiger partial charge in [0.25, 0.3) is 10.1 Å². The summed E-state index contributed by atoms with van der Waals surface area (Å²) in [5, 5.41) is 31.0. The molecule has 13 heteroatoms. The van der Waals surface area contributed by atoms with Crippen molar-refractivity contribution in [2.75, 3.05) is 19.0 Å². The van der Waals surface area contributed by atoms with Crippen LogP contribution < -0.4 is 0 Å². The molecule has 0 bridgehead atoms. The summed E-state index contributed by atoms with van der Waals surface area (Å²) in [4.78, 5) is 25.5. The SMILES string of the molecule is CCCCC/C=C/C/C=C/C/C=C/CCCCCCC(=O)OC[C@H](CO[C@H]1O[C@H](CS(=O)(=O)O)[C@@H](O)C(O)C1O)OC(=O)CCC/C=C/CC/C=C/CCCCCCCCCCCCCCCC. The number of allylic oxidation sites excluding steroid dienone is 10. The molecule has 68 heavy (non-hydrogen) atoms. The van der Waals surface area contributed by atoms with Gasteiger partial charge in [-0.1, -0.05) is 184 Å². The lowest BCUT2D eigenvalue weighted by Gasteiger charge is -2.40. The molecule has 0 aromatic rings. The van der Waals surface area contributed by atoms with Gasteiger partial charge in [0.05, 0.1) is 6.61 Å². The summed E-state index contributed by atoms with van der Waals surface area (Å²) in [5.41, 5.74) is 0. The summed E-state index contributed by atoms with van der Waals surface area (Å²) in [6, 6.07) is 0. The van der Waals surface area contributed by atoms with Gasteiger partial charge in [0, 0.05) is 12.8 Å². The molecule has 394 valence electrons. The standard InChI is InChI=1S/C55H96O12S/c1-3-5-7-9-11-13-15-17-19-21-22-23-24-25-26-28-30-32-34-36-38-40-42-44-51(57)66-48(46-65-55-54(60)53(59)52(58)49(67-55)47-68(61,62)63)45-64-50(56)43-41-39-37-35-33-31-29-27-20-18-16-14-12-10-8-6-4-2/h12,14,18,20,28-31,36,38,48-49,52-55,58-60H,3-11,13,15-17,19,21-27,32-35,37,39-47H2,1-2H3,(H,61,62,63)/b14-12+,20-18+,30-28+,31-29+,38-36+/t48-,49-,52-,53?,54?,55+/m1/s1. The van der Waals surface area contributed by atoms with Crippen molar-refractivity contribution in [1.29, 1.82) is 0 Å². The van der Waals surface area contributed by atoms with E-state index in [0.29, 0.717) is 19.3 Å². The number of carbonyl (C=O) groups excluding carboxylic acids is 2. The third-order valence-electron chi connectivity index (χ3n) is 12.0. The quantitative estimate of drug-likeness (QED) is 0.0196. The molecule has 0 radical (unpaired) electrons. The predicted molar refractivity (Wildman–Crippen MR) is 275 cm³/mol. The molecule has 1 saturated heterocycles. The highest BCUT2D eigenvalue weighted by Gasteiger charge is 2.46. The number of esters is 2. The van der Waals surface area contributed by atoms with Crippen molar-refractivity contribution < 1.29 is 56.8 Å². The van der Waals surface area contributed by atoms with E-state index in [1.165, 1.54) is 109 Å². The lowest BCUT2D eigenvalue weighted by atomic mass is 10.00. The van der Waals surface area contributed by atoms with Crippen LogP contribution in [0.4, 0.5) is 0 Å². The van der Waals surface area contributed by atoms with Crippen molar-refractivity contribution in [3.63, 3.8) is 0 Å². The summed E-state index contributed by atoms with van der Waals surface area (Å²) in [6.45, 7) is 3.71. The predicted octanol–water partition coefficient (Wildman–Crippen LogP) is 12.5. The Labute approximate surface area is 413 Å². The Morgan fingerprint density at radius 3 is 1.44 bits per heavy atom. The van der Waals surface area contributed by atoms with E-state index >= 15 is 0 Å². The normalized spacial score (nSPS) is 19.6. The molecule has 0 aromatic carbocycles.